The van der Waals surface area contributed by atoms with Crippen molar-refractivity contribution >= 4 is 11.7 Å². The maximum absolute atomic E-state index is 9.89. The van der Waals surface area contributed by atoms with Crippen molar-refractivity contribution < 1.29 is 14.7 Å². The van der Waals surface area contributed by atoms with Crippen LogP contribution in [0.2, 0.25) is 0 Å². The minimum absolute atomic E-state index is 0.655. The van der Waals surface area contributed by atoms with Crippen molar-refractivity contribution in [2.24, 2.45) is 5.16 Å². The molecule has 1 N–H and O–H groups in total. The molecule has 48 valence electrons. The molecular weight excluding hydrogens is 124 g/mol. The summed E-state index contributed by atoms with van der Waals surface area (Å²) >= 11 is 0. The molecule has 0 saturated carbocycles. The summed E-state index contributed by atoms with van der Waals surface area (Å²) in [5.74, 6) is -1.39. The molecule has 0 heterocycles. The van der Waals surface area contributed by atoms with Crippen molar-refractivity contribution in [3.8, 4) is 6.07 Å². The fourth-order valence-electron chi connectivity index (χ4n) is 0.199. The molecule has 0 saturated heterocycles. The maximum atomic E-state index is 9.89. The summed E-state index contributed by atoms with van der Waals surface area (Å²) < 4.78 is 0. The van der Waals surface area contributed by atoms with Gasteiger partial charge in [-0.1, -0.05) is 5.16 Å². The normalized spacial score (nSPS) is 10.0. The third-order valence-electron chi connectivity index (χ3n) is 0.491. The first-order valence-corrected chi connectivity index (χ1v) is 1.97. The lowest BCUT2D eigenvalue weighted by molar-refractivity contribution is -0.129. The first kappa shape index (κ1) is 7.43. The summed E-state index contributed by atoms with van der Waals surface area (Å²) in [7, 11) is 1.17. The second-order valence-corrected chi connectivity index (χ2v) is 1.04. The summed E-state index contributed by atoms with van der Waals surface area (Å²) in [6, 6.07) is 1.33. The van der Waals surface area contributed by atoms with E-state index in [1.54, 1.807) is 0 Å². The minimum atomic E-state index is -1.39. The van der Waals surface area contributed by atoms with Gasteiger partial charge in [0.15, 0.2) is 0 Å². The van der Waals surface area contributed by atoms with Gasteiger partial charge >= 0.3 is 5.97 Å². The van der Waals surface area contributed by atoms with Crippen LogP contribution in [0.15, 0.2) is 5.16 Å². The van der Waals surface area contributed by atoms with Gasteiger partial charge in [0.2, 0.25) is 0 Å². The van der Waals surface area contributed by atoms with Crippen LogP contribution >= 0.6 is 0 Å². The molecule has 0 aliphatic rings. The van der Waals surface area contributed by atoms with Gasteiger partial charge in [-0.3, -0.25) is 0 Å². The highest BCUT2D eigenvalue weighted by Crippen LogP contribution is 1.76. The second-order valence-electron chi connectivity index (χ2n) is 1.04. The summed E-state index contributed by atoms with van der Waals surface area (Å²) in [4.78, 5) is 13.9. The van der Waals surface area contributed by atoms with Crippen LogP contribution in [0.25, 0.3) is 0 Å². The highest BCUT2D eigenvalue weighted by Gasteiger charge is 2.06. The van der Waals surface area contributed by atoms with Gasteiger partial charge in [0, 0.05) is 0 Å². The molecule has 5 heteroatoms. The molecule has 0 aliphatic carbocycles. The number of nitrogens with zero attached hydrogens (tertiary/aromatic N) is 2. The van der Waals surface area contributed by atoms with Gasteiger partial charge in [-0.2, -0.15) is 5.26 Å². The highest BCUT2D eigenvalue weighted by molar-refractivity contribution is 6.42. The third-order valence-corrected chi connectivity index (χ3v) is 0.491. The van der Waals surface area contributed by atoms with E-state index in [1.165, 1.54) is 13.2 Å². The van der Waals surface area contributed by atoms with Crippen LogP contribution < -0.4 is 0 Å². The van der Waals surface area contributed by atoms with Crippen molar-refractivity contribution in [2.45, 2.75) is 0 Å². The molecule has 5 nitrogen and oxygen atoms in total. The van der Waals surface area contributed by atoms with Crippen molar-refractivity contribution in [2.75, 3.05) is 7.11 Å². The standard InChI is InChI=1S/C4H4N2O3/c1-9-6-3(2-5)4(7)8/h1H3,(H,7,8)/b6-3-. The fraction of sp³-hybridized carbons (Fsp3) is 0.250. The Kier molecular flexibility index (Phi) is 2.84. The van der Waals surface area contributed by atoms with Crippen LogP contribution in [0.3, 0.4) is 0 Å². The Labute approximate surface area is 51.1 Å². The van der Waals surface area contributed by atoms with Gasteiger partial charge in [-0.25, -0.2) is 4.79 Å². The quantitative estimate of drug-likeness (QED) is 0.405. The van der Waals surface area contributed by atoms with Crippen molar-refractivity contribution in [1.82, 2.24) is 0 Å². The van der Waals surface area contributed by atoms with Crippen molar-refractivity contribution in [3.63, 3.8) is 0 Å². The maximum Gasteiger partial charge on any atom is 0.369 e. The molecule has 0 rings (SSSR count). The molecule has 0 aromatic rings. The molecule has 0 atom stereocenters. The molecule has 0 bridgehead atoms. The van der Waals surface area contributed by atoms with Crippen LogP contribution in [-0.4, -0.2) is 23.9 Å². The molecule has 0 aliphatic heterocycles. The van der Waals surface area contributed by atoms with E-state index in [0.29, 0.717) is 0 Å². The first-order chi connectivity index (χ1) is 4.22. The Morgan fingerprint density at radius 3 is 2.56 bits per heavy atom. The monoisotopic (exact) mass is 128 g/mol. The van der Waals surface area contributed by atoms with Crippen LogP contribution in [0, 0.1) is 11.3 Å². The first-order valence-electron chi connectivity index (χ1n) is 1.97. The van der Waals surface area contributed by atoms with Gasteiger partial charge in [-0.15, -0.1) is 0 Å². The van der Waals surface area contributed by atoms with E-state index in [-0.39, 0.29) is 0 Å². The number of rotatable bonds is 2. The molecular formula is C4H4N2O3. The molecule has 0 fully saturated rings. The lowest BCUT2D eigenvalue weighted by Gasteiger charge is -1.85. The van der Waals surface area contributed by atoms with Crippen LogP contribution in [-0.2, 0) is 9.63 Å². The van der Waals surface area contributed by atoms with Gasteiger partial charge in [0.1, 0.15) is 13.2 Å². The molecule has 0 spiro atoms. The van der Waals surface area contributed by atoms with Gasteiger partial charge in [0.05, 0.1) is 0 Å². The van der Waals surface area contributed by atoms with Crippen molar-refractivity contribution in [3.05, 3.63) is 0 Å². The molecule has 0 aromatic heterocycles. The number of hydrogen-bond donors (Lipinski definition) is 1. The SMILES string of the molecule is CO/N=C(/C#N)C(=O)O. The Bertz CT molecular complexity index is 179. The molecule has 0 unspecified atom stereocenters. The van der Waals surface area contributed by atoms with E-state index in [2.05, 4.69) is 9.99 Å². The zero-order valence-corrected chi connectivity index (χ0v) is 4.66. The number of oxime groups is 1. The smallest absolute Gasteiger partial charge is 0.369 e. The van der Waals surface area contributed by atoms with E-state index in [1.807, 2.05) is 0 Å². The number of hydrogen-bond acceptors (Lipinski definition) is 4. The van der Waals surface area contributed by atoms with E-state index < -0.39 is 11.7 Å². The lowest BCUT2D eigenvalue weighted by Crippen LogP contribution is -2.10. The summed E-state index contributed by atoms with van der Waals surface area (Å²) in [5.41, 5.74) is -0.655. The number of carbonyl (C=O) groups is 1. The summed E-state index contributed by atoms with van der Waals surface area (Å²) in [6.45, 7) is 0. The second kappa shape index (κ2) is 3.43. The lowest BCUT2D eigenvalue weighted by atomic mass is 10.4. The number of nitriles is 1. The number of carboxylic acids is 1. The summed E-state index contributed by atoms with van der Waals surface area (Å²) in [6.07, 6.45) is 0. The largest absolute Gasteiger partial charge is 0.476 e. The Morgan fingerprint density at radius 1 is 1.89 bits per heavy atom. The molecule has 0 aromatic carbocycles. The summed E-state index contributed by atoms with van der Waals surface area (Å²) in [5, 5.41) is 19.0. The Balaban J connectivity index is 4.20. The number of aliphatic carboxylic acids is 1. The van der Waals surface area contributed by atoms with E-state index in [4.69, 9.17) is 10.4 Å². The predicted octanol–water partition coefficient (Wildman–Crippen LogP) is -0.403. The van der Waals surface area contributed by atoms with E-state index in [9.17, 15) is 4.79 Å². The highest BCUT2D eigenvalue weighted by atomic mass is 16.6. The number of carboxylic acid groups (broad SMARTS) is 1. The van der Waals surface area contributed by atoms with Crippen LogP contribution in [0.4, 0.5) is 0 Å². The van der Waals surface area contributed by atoms with E-state index >= 15 is 0 Å². The van der Waals surface area contributed by atoms with Gasteiger partial charge in [-0.05, 0) is 0 Å². The van der Waals surface area contributed by atoms with Gasteiger partial charge in [0.25, 0.3) is 5.71 Å². The predicted molar refractivity (Wildman–Crippen MR) is 27.7 cm³/mol. The molecule has 9 heavy (non-hydrogen) atoms. The minimum Gasteiger partial charge on any atom is -0.476 e. The van der Waals surface area contributed by atoms with Crippen LogP contribution in [0.1, 0.15) is 0 Å². The average molecular weight is 128 g/mol. The topological polar surface area (TPSA) is 82.7 Å². The third kappa shape index (κ3) is 2.29. The Hall–Kier alpha value is -1.57. The van der Waals surface area contributed by atoms with Crippen LogP contribution in [0.5, 0.6) is 0 Å². The molecule has 0 amide bonds. The fourth-order valence-corrected chi connectivity index (χ4v) is 0.199. The van der Waals surface area contributed by atoms with Crippen molar-refractivity contribution in [1.29, 1.82) is 5.26 Å². The Morgan fingerprint density at radius 2 is 2.44 bits per heavy atom. The van der Waals surface area contributed by atoms with E-state index in [0.717, 1.165) is 0 Å². The zero-order chi connectivity index (χ0) is 7.28. The molecule has 0 radical (unpaired) electrons. The van der Waals surface area contributed by atoms with Gasteiger partial charge < -0.3 is 9.94 Å². The average Bonchev–Trinajstić information content (AvgIpc) is 1.82. The zero-order valence-electron chi connectivity index (χ0n) is 4.66.